The Morgan fingerprint density at radius 3 is 2.74 bits per heavy atom. The molecule has 106 valence electrons. The van der Waals surface area contributed by atoms with E-state index in [9.17, 15) is 4.79 Å². The number of hydrogen-bond acceptors (Lipinski definition) is 3. The molecule has 0 saturated heterocycles. The van der Waals surface area contributed by atoms with Crippen molar-refractivity contribution in [3.63, 3.8) is 0 Å². The molecule has 4 nitrogen and oxygen atoms in total. The Bertz CT molecular complexity index is 416. The van der Waals surface area contributed by atoms with E-state index in [1.807, 2.05) is 25.1 Å². The predicted molar refractivity (Wildman–Crippen MR) is 75.9 cm³/mol. The van der Waals surface area contributed by atoms with Crippen LogP contribution in [0.4, 0.5) is 0 Å². The van der Waals surface area contributed by atoms with Gasteiger partial charge in [0, 0.05) is 18.7 Å². The zero-order chi connectivity index (χ0) is 14.3. The standard InChI is InChI=1S/C15H24N2O2/c1-12-5-4-6-13(17-12)11-16-10-9-15(2,3)8-7-14(18)19/h4-6,16H,7-11H2,1-3H3,(H,18,19). The second kappa shape index (κ2) is 7.24. The van der Waals surface area contributed by atoms with Gasteiger partial charge in [-0.2, -0.15) is 0 Å². The summed E-state index contributed by atoms with van der Waals surface area (Å²) in [4.78, 5) is 15.0. The zero-order valence-corrected chi connectivity index (χ0v) is 12.1. The van der Waals surface area contributed by atoms with Crippen LogP contribution in [0.25, 0.3) is 0 Å². The first-order valence-corrected chi connectivity index (χ1v) is 6.74. The predicted octanol–water partition coefficient (Wildman–Crippen LogP) is 2.76. The van der Waals surface area contributed by atoms with E-state index in [1.54, 1.807) is 0 Å². The SMILES string of the molecule is Cc1cccc(CNCCC(C)(C)CCC(=O)O)n1. The molecule has 0 spiro atoms. The Morgan fingerprint density at radius 1 is 1.37 bits per heavy atom. The van der Waals surface area contributed by atoms with Crippen molar-refractivity contribution >= 4 is 5.97 Å². The van der Waals surface area contributed by atoms with Crippen LogP contribution in [0.5, 0.6) is 0 Å². The van der Waals surface area contributed by atoms with E-state index in [-0.39, 0.29) is 11.8 Å². The number of nitrogens with zero attached hydrogens (tertiary/aromatic N) is 1. The summed E-state index contributed by atoms with van der Waals surface area (Å²) in [7, 11) is 0. The highest BCUT2D eigenvalue weighted by Gasteiger charge is 2.18. The molecule has 0 aromatic carbocycles. The molecule has 0 aliphatic carbocycles. The normalized spacial score (nSPS) is 11.5. The van der Waals surface area contributed by atoms with Gasteiger partial charge in [0.05, 0.1) is 5.69 Å². The number of hydrogen-bond donors (Lipinski definition) is 2. The summed E-state index contributed by atoms with van der Waals surface area (Å²) >= 11 is 0. The Morgan fingerprint density at radius 2 is 2.11 bits per heavy atom. The van der Waals surface area contributed by atoms with Crippen molar-refractivity contribution in [3.8, 4) is 0 Å². The van der Waals surface area contributed by atoms with E-state index in [0.29, 0.717) is 6.42 Å². The van der Waals surface area contributed by atoms with Gasteiger partial charge in [0.1, 0.15) is 0 Å². The molecule has 0 bridgehead atoms. The highest BCUT2D eigenvalue weighted by atomic mass is 16.4. The molecule has 0 unspecified atom stereocenters. The number of rotatable bonds is 8. The summed E-state index contributed by atoms with van der Waals surface area (Å²) < 4.78 is 0. The van der Waals surface area contributed by atoms with Gasteiger partial charge in [-0.05, 0) is 43.9 Å². The lowest BCUT2D eigenvalue weighted by atomic mass is 9.84. The fourth-order valence-corrected chi connectivity index (χ4v) is 1.91. The van der Waals surface area contributed by atoms with Gasteiger partial charge in [-0.15, -0.1) is 0 Å². The van der Waals surface area contributed by atoms with Crippen molar-refractivity contribution in [1.82, 2.24) is 10.3 Å². The van der Waals surface area contributed by atoms with Crippen molar-refractivity contribution < 1.29 is 9.90 Å². The maximum Gasteiger partial charge on any atom is 0.303 e. The first-order chi connectivity index (χ1) is 8.89. The molecule has 0 amide bonds. The minimum Gasteiger partial charge on any atom is -0.481 e. The van der Waals surface area contributed by atoms with E-state index in [0.717, 1.165) is 30.9 Å². The van der Waals surface area contributed by atoms with Gasteiger partial charge in [0.2, 0.25) is 0 Å². The third-order valence-corrected chi connectivity index (χ3v) is 3.25. The van der Waals surface area contributed by atoms with E-state index in [1.165, 1.54) is 0 Å². The summed E-state index contributed by atoms with van der Waals surface area (Å²) in [6.07, 6.45) is 1.92. The van der Waals surface area contributed by atoms with Gasteiger partial charge in [0.25, 0.3) is 0 Å². The Balaban J connectivity index is 2.24. The summed E-state index contributed by atoms with van der Waals surface area (Å²) in [5, 5.41) is 12.1. The van der Waals surface area contributed by atoms with Crippen LogP contribution >= 0.6 is 0 Å². The lowest BCUT2D eigenvalue weighted by Crippen LogP contribution is -2.23. The van der Waals surface area contributed by atoms with E-state index in [2.05, 4.69) is 24.1 Å². The number of carbonyl (C=O) groups is 1. The summed E-state index contributed by atoms with van der Waals surface area (Å²) in [6, 6.07) is 6.00. The second-order valence-electron chi connectivity index (χ2n) is 5.76. The fraction of sp³-hybridized carbons (Fsp3) is 0.600. The number of nitrogens with one attached hydrogen (secondary N) is 1. The lowest BCUT2D eigenvalue weighted by Gasteiger charge is -2.23. The Hall–Kier alpha value is -1.42. The van der Waals surface area contributed by atoms with Gasteiger partial charge in [-0.3, -0.25) is 9.78 Å². The highest BCUT2D eigenvalue weighted by molar-refractivity contribution is 5.66. The van der Waals surface area contributed by atoms with Crippen LogP contribution in [0.3, 0.4) is 0 Å². The van der Waals surface area contributed by atoms with Crippen LogP contribution in [0.1, 0.15) is 44.5 Å². The zero-order valence-electron chi connectivity index (χ0n) is 12.1. The quantitative estimate of drug-likeness (QED) is 0.709. The van der Waals surface area contributed by atoms with E-state index >= 15 is 0 Å². The van der Waals surface area contributed by atoms with E-state index in [4.69, 9.17) is 5.11 Å². The number of aryl methyl sites for hydroxylation is 1. The first-order valence-electron chi connectivity index (χ1n) is 6.74. The minimum absolute atomic E-state index is 0.0609. The Labute approximate surface area is 115 Å². The van der Waals surface area contributed by atoms with Gasteiger partial charge < -0.3 is 10.4 Å². The maximum absolute atomic E-state index is 10.6. The second-order valence-corrected chi connectivity index (χ2v) is 5.76. The van der Waals surface area contributed by atoms with Crippen molar-refractivity contribution in [2.45, 2.75) is 46.6 Å². The van der Waals surface area contributed by atoms with Crippen LogP contribution < -0.4 is 5.32 Å². The van der Waals surface area contributed by atoms with Gasteiger partial charge in [0.15, 0.2) is 0 Å². The molecule has 19 heavy (non-hydrogen) atoms. The topological polar surface area (TPSA) is 62.2 Å². The van der Waals surface area contributed by atoms with Crippen LogP contribution in [0.2, 0.25) is 0 Å². The molecular weight excluding hydrogens is 240 g/mol. The van der Waals surface area contributed by atoms with Crippen molar-refractivity contribution in [2.75, 3.05) is 6.54 Å². The maximum atomic E-state index is 10.6. The summed E-state index contributed by atoms with van der Waals surface area (Å²) in [5.74, 6) is -0.718. The number of pyridine rings is 1. The highest BCUT2D eigenvalue weighted by Crippen LogP contribution is 2.25. The molecule has 1 aromatic heterocycles. The molecule has 1 rings (SSSR count). The molecule has 0 aliphatic rings. The van der Waals surface area contributed by atoms with Gasteiger partial charge in [-0.25, -0.2) is 0 Å². The Kier molecular flexibility index (Phi) is 5.96. The number of aromatic nitrogens is 1. The smallest absolute Gasteiger partial charge is 0.303 e. The molecule has 4 heteroatoms. The van der Waals surface area contributed by atoms with Crippen LogP contribution in [0, 0.1) is 12.3 Å². The number of aliphatic carboxylic acids is 1. The summed E-state index contributed by atoms with van der Waals surface area (Å²) in [5.41, 5.74) is 2.13. The van der Waals surface area contributed by atoms with Crippen molar-refractivity contribution in [2.24, 2.45) is 5.41 Å². The number of carboxylic acids is 1. The molecule has 0 radical (unpaired) electrons. The molecule has 2 N–H and O–H groups in total. The van der Waals surface area contributed by atoms with Crippen LogP contribution in [0.15, 0.2) is 18.2 Å². The van der Waals surface area contributed by atoms with Gasteiger partial charge in [-0.1, -0.05) is 19.9 Å². The molecule has 0 aliphatic heterocycles. The average Bonchev–Trinajstić information content (AvgIpc) is 2.33. The first kappa shape index (κ1) is 15.6. The van der Waals surface area contributed by atoms with Crippen LogP contribution in [-0.2, 0) is 11.3 Å². The molecule has 0 fully saturated rings. The number of carboxylic acid groups (broad SMARTS) is 1. The molecular formula is C15H24N2O2. The largest absolute Gasteiger partial charge is 0.481 e. The third kappa shape index (κ3) is 6.91. The molecule has 0 saturated carbocycles. The third-order valence-electron chi connectivity index (χ3n) is 3.25. The van der Waals surface area contributed by atoms with E-state index < -0.39 is 5.97 Å². The molecule has 0 atom stereocenters. The van der Waals surface area contributed by atoms with Crippen molar-refractivity contribution in [3.05, 3.63) is 29.6 Å². The molecule has 1 heterocycles. The summed E-state index contributed by atoms with van der Waals surface area (Å²) in [6.45, 7) is 7.85. The van der Waals surface area contributed by atoms with Crippen LogP contribution in [-0.4, -0.2) is 22.6 Å². The lowest BCUT2D eigenvalue weighted by molar-refractivity contribution is -0.137. The fourth-order valence-electron chi connectivity index (χ4n) is 1.91. The average molecular weight is 264 g/mol. The van der Waals surface area contributed by atoms with Crippen molar-refractivity contribution in [1.29, 1.82) is 0 Å². The monoisotopic (exact) mass is 264 g/mol. The minimum atomic E-state index is -0.718. The van der Waals surface area contributed by atoms with Gasteiger partial charge >= 0.3 is 5.97 Å². The molecule has 1 aromatic rings.